The highest BCUT2D eigenvalue weighted by atomic mass is 16.5. The van der Waals surface area contributed by atoms with Crippen molar-refractivity contribution < 1.29 is 14.3 Å². The number of carbonyl (C=O) groups excluding carboxylic acids is 2. The van der Waals surface area contributed by atoms with Gasteiger partial charge in [-0.1, -0.05) is 17.6 Å². The van der Waals surface area contributed by atoms with Gasteiger partial charge in [0.05, 0.1) is 13.5 Å². The number of esters is 1. The molecule has 0 bridgehead atoms. The van der Waals surface area contributed by atoms with Crippen LogP contribution in [0, 0.1) is 0 Å². The molecule has 68 valence electrons. The molecule has 0 aromatic rings. The number of carbonyl (C=O) groups is 2. The minimum atomic E-state index is -0.260. The Morgan fingerprint density at radius 1 is 1.46 bits per heavy atom. The van der Waals surface area contributed by atoms with E-state index < -0.39 is 0 Å². The van der Waals surface area contributed by atoms with Gasteiger partial charge in [-0.15, -0.1) is 0 Å². The summed E-state index contributed by atoms with van der Waals surface area (Å²) < 4.78 is 4.52. The summed E-state index contributed by atoms with van der Waals surface area (Å²) in [7, 11) is 1.95. The van der Waals surface area contributed by atoms with E-state index in [2.05, 4.69) is 4.74 Å². The third kappa shape index (κ3) is 2.58. The third-order valence-electron chi connectivity index (χ3n) is 1.99. The molecular formula is C9H11BO3. The first kappa shape index (κ1) is 9.77. The van der Waals surface area contributed by atoms with E-state index in [0.717, 1.165) is 10.9 Å². The van der Waals surface area contributed by atoms with E-state index in [1.807, 2.05) is 6.08 Å². The fourth-order valence-corrected chi connectivity index (χ4v) is 1.20. The second-order valence-electron chi connectivity index (χ2n) is 3.00. The molecule has 4 heteroatoms. The van der Waals surface area contributed by atoms with Crippen LogP contribution in [0.3, 0.4) is 0 Å². The first-order chi connectivity index (χ1) is 6.13. The SMILES string of the molecule is COC(=O)CC1=CC=C(C(C)=O)B1. The van der Waals surface area contributed by atoms with Crippen LogP contribution in [0.15, 0.2) is 23.1 Å². The second kappa shape index (κ2) is 4.07. The normalized spacial score (nSPS) is 14.3. The van der Waals surface area contributed by atoms with E-state index in [1.54, 1.807) is 6.08 Å². The summed E-state index contributed by atoms with van der Waals surface area (Å²) in [5.74, 6) is -0.194. The van der Waals surface area contributed by atoms with Crippen molar-refractivity contribution in [2.45, 2.75) is 13.3 Å². The van der Waals surface area contributed by atoms with E-state index in [-0.39, 0.29) is 18.2 Å². The summed E-state index contributed by atoms with van der Waals surface area (Å²) in [5.41, 5.74) is 1.70. The molecule has 0 saturated heterocycles. The lowest BCUT2D eigenvalue weighted by atomic mass is 9.64. The van der Waals surface area contributed by atoms with Crippen molar-refractivity contribution in [3.8, 4) is 0 Å². The van der Waals surface area contributed by atoms with Gasteiger partial charge in [-0.25, -0.2) is 0 Å². The molecular weight excluding hydrogens is 167 g/mol. The number of hydrogen-bond donors (Lipinski definition) is 0. The minimum Gasteiger partial charge on any atom is -0.469 e. The number of allylic oxidation sites excluding steroid dienone is 3. The van der Waals surface area contributed by atoms with Crippen LogP contribution in [0.2, 0.25) is 0 Å². The van der Waals surface area contributed by atoms with Crippen molar-refractivity contribution in [2.24, 2.45) is 0 Å². The van der Waals surface area contributed by atoms with Crippen LogP contribution in [0.5, 0.6) is 0 Å². The van der Waals surface area contributed by atoms with Gasteiger partial charge in [-0.3, -0.25) is 9.59 Å². The summed E-state index contributed by atoms with van der Waals surface area (Å²) in [6.07, 6.45) is 3.86. The Morgan fingerprint density at radius 3 is 2.62 bits per heavy atom. The summed E-state index contributed by atoms with van der Waals surface area (Å²) >= 11 is 0. The van der Waals surface area contributed by atoms with Crippen LogP contribution < -0.4 is 0 Å². The van der Waals surface area contributed by atoms with Gasteiger partial charge in [0.1, 0.15) is 5.78 Å². The van der Waals surface area contributed by atoms with Crippen LogP contribution in [0.4, 0.5) is 0 Å². The molecule has 13 heavy (non-hydrogen) atoms. The molecule has 1 rings (SSSR count). The van der Waals surface area contributed by atoms with Crippen LogP contribution in [0.1, 0.15) is 13.3 Å². The Kier molecular flexibility index (Phi) is 3.06. The molecule has 0 N–H and O–H groups in total. The fraction of sp³-hybridized carbons (Fsp3) is 0.333. The van der Waals surface area contributed by atoms with E-state index in [1.165, 1.54) is 14.0 Å². The van der Waals surface area contributed by atoms with Gasteiger partial charge in [0.15, 0.2) is 7.28 Å². The Labute approximate surface area is 77.7 Å². The zero-order valence-corrected chi connectivity index (χ0v) is 7.79. The zero-order chi connectivity index (χ0) is 9.84. The highest BCUT2D eigenvalue weighted by Crippen LogP contribution is 2.14. The van der Waals surface area contributed by atoms with Gasteiger partial charge in [0, 0.05) is 0 Å². The predicted octanol–water partition coefficient (Wildman–Crippen LogP) is 0.356. The quantitative estimate of drug-likeness (QED) is 0.462. The van der Waals surface area contributed by atoms with Crippen LogP contribution in [-0.4, -0.2) is 26.1 Å². The van der Waals surface area contributed by atoms with Gasteiger partial charge in [0.2, 0.25) is 0 Å². The Bertz CT molecular complexity index is 302. The van der Waals surface area contributed by atoms with Crippen molar-refractivity contribution >= 4 is 19.0 Å². The number of methoxy groups -OCH3 is 1. The van der Waals surface area contributed by atoms with E-state index >= 15 is 0 Å². The maximum Gasteiger partial charge on any atom is 0.308 e. The summed E-state index contributed by atoms with van der Waals surface area (Å²) in [6.45, 7) is 1.53. The summed E-state index contributed by atoms with van der Waals surface area (Å²) in [6, 6.07) is 0. The van der Waals surface area contributed by atoms with E-state index in [0.29, 0.717) is 7.28 Å². The standard InChI is InChI=1S/C9H11BO3/c1-6(11)8-4-3-7(10-8)5-9(12)13-2/h3-4,10H,5H2,1-2H3. The molecule has 0 radical (unpaired) electrons. The number of ketones is 1. The first-order valence-corrected chi connectivity index (χ1v) is 4.10. The molecule has 1 aliphatic rings. The number of Topliss-reactive ketones (excluding diaryl/α,β-unsaturated/α-hetero) is 1. The van der Waals surface area contributed by atoms with Crippen LogP contribution >= 0.6 is 0 Å². The Balaban J connectivity index is 2.45. The van der Waals surface area contributed by atoms with Crippen molar-refractivity contribution in [1.29, 1.82) is 0 Å². The topological polar surface area (TPSA) is 43.4 Å². The maximum absolute atomic E-state index is 10.9. The van der Waals surface area contributed by atoms with Crippen LogP contribution in [-0.2, 0) is 14.3 Å². The third-order valence-corrected chi connectivity index (χ3v) is 1.99. The monoisotopic (exact) mass is 178 g/mol. The van der Waals surface area contributed by atoms with E-state index in [4.69, 9.17) is 0 Å². The van der Waals surface area contributed by atoms with Crippen molar-refractivity contribution in [3.63, 3.8) is 0 Å². The Morgan fingerprint density at radius 2 is 2.15 bits per heavy atom. The number of ether oxygens (including phenoxy) is 1. The molecule has 0 atom stereocenters. The first-order valence-electron chi connectivity index (χ1n) is 4.10. The lowest BCUT2D eigenvalue weighted by Crippen LogP contribution is -2.08. The average molecular weight is 178 g/mol. The van der Waals surface area contributed by atoms with Crippen molar-refractivity contribution in [2.75, 3.05) is 7.11 Å². The molecule has 1 aliphatic heterocycles. The van der Waals surface area contributed by atoms with Gasteiger partial charge < -0.3 is 4.74 Å². The van der Waals surface area contributed by atoms with Gasteiger partial charge in [-0.05, 0) is 12.4 Å². The predicted molar refractivity (Wildman–Crippen MR) is 50.6 cm³/mol. The lowest BCUT2D eigenvalue weighted by Gasteiger charge is -1.99. The highest BCUT2D eigenvalue weighted by molar-refractivity contribution is 6.62. The summed E-state index contributed by atoms with van der Waals surface area (Å²) in [4.78, 5) is 21.8. The van der Waals surface area contributed by atoms with Gasteiger partial charge >= 0.3 is 5.97 Å². The maximum atomic E-state index is 10.9. The second-order valence-corrected chi connectivity index (χ2v) is 3.00. The van der Waals surface area contributed by atoms with E-state index in [9.17, 15) is 9.59 Å². The molecule has 0 aliphatic carbocycles. The van der Waals surface area contributed by atoms with Gasteiger partial charge in [0.25, 0.3) is 0 Å². The average Bonchev–Trinajstić information content (AvgIpc) is 2.52. The molecule has 0 unspecified atom stereocenters. The summed E-state index contributed by atoms with van der Waals surface area (Å²) in [5, 5.41) is 0. The fourth-order valence-electron chi connectivity index (χ4n) is 1.20. The number of rotatable bonds is 3. The minimum absolute atomic E-state index is 0.0658. The molecule has 0 saturated carbocycles. The van der Waals surface area contributed by atoms with Crippen molar-refractivity contribution in [3.05, 3.63) is 23.1 Å². The highest BCUT2D eigenvalue weighted by Gasteiger charge is 2.16. The lowest BCUT2D eigenvalue weighted by molar-refractivity contribution is -0.139. The zero-order valence-electron chi connectivity index (χ0n) is 7.79. The number of hydrogen-bond acceptors (Lipinski definition) is 3. The Hall–Kier alpha value is -1.32. The van der Waals surface area contributed by atoms with Crippen LogP contribution in [0.25, 0.3) is 0 Å². The molecule has 0 fully saturated rings. The molecule has 0 aromatic heterocycles. The molecule has 0 amide bonds. The molecule has 1 heterocycles. The largest absolute Gasteiger partial charge is 0.469 e. The molecule has 3 nitrogen and oxygen atoms in total. The van der Waals surface area contributed by atoms with Gasteiger partial charge in [-0.2, -0.15) is 0 Å². The smallest absolute Gasteiger partial charge is 0.308 e. The molecule has 0 spiro atoms. The van der Waals surface area contributed by atoms with Crippen molar-refractivity contribution in [1.82, 2.24) is 0 Å². The molecule has 0 aromatic carbocycles.